The van der Waals surface area contributed by atoms with Crippen LogP contribution in [0.1, 0.15) is 6.42 Å². The topological polar surface area (TPSA) is 101 Å². The summed E-state index contributed by atoms with van der Waals surface area (Å²) in [6.45, 7) is 0. The van der Waals surface area contributed by atoms with Crippen molar-refractivity contribution in [1.82, 2.24) is 15.3 Å². The minimum Gasteiger partial charge on any atom is -0.352 e. The number of benzene rings is 2. The average Bonchev–Trinajstić information content (AvgIpc) is 3.05. The number of rotatable bonds is 6. The van der Waals surface area contributed by atoms with E-state index in [0.29, 0.717) is 17.4 Å². The Morgan fingerprint density at radius 1 is 1.07 bits per heavy atom. The molecule has 4 rings (SSSR count). The Morgan fingerprint density at radius 2 is 1.83 bits per heavy atom. The molecule has 3 aromatic rings. The molecule has 1 unspecified atom stereocenters. The van der Waals surface area contributed by atoms with E-state index in [2.05, 4.69) is 20.6 Å². The van der Waals surface area contributed by atoms with Crippen molar-refractivity contribution in [2.45, 2.75) is 17.6 Å². The fourth-order valence-electron chi connectivity index (χ4n) is 3.18. The molecule has 0 radical (unpaired) electrons. The molecule has 2 N–H and O–H groups in total. The van der Waals surface area contributed by atoms with Gasteiger partial charge in [-0.3, -0.25) is 4.79 Å². The summed E-state index contributed by atoms with van der Waals surface area (Å²) in [5, 5.41) is 7.47. The van der Waals surface area contributed by atoms with Crippen molar-refractivity contribution in [2.75, 3.05) is 22.6 Å². The van der Waals surface area contributed by atoms with Crippen LogP contribution in [0.4, 0.5) is 11.5 Å². The van der Waals surface area contributed by atoms with Crippen LogP contribution < -0.4 is 10.6 Å². The van der Waals surface area contributed by atoms with Crippen LogP contribution in [-0.4, -0.2) is 47.6 Å². The number of thioether (sulfide) groups is 1. The van der Waals surface area contributed by atoms with Crippen molar-refractivity contribution in [2.24, 2.45) is 0 Å². The van der Waals surface area contributed by atoms with Gasteiger partial charge in [0.2, 0.25) is 5.91 Å². The molecule has 1 aliphatic heterocycles. The SMILES string of the molecule is O=C(CSc1nc(Nc2ccccc2)c2ccccc2n1)NC1CCS(=O)(=O)C1. The summed E-state index contributed by atoms with van der Waals surface area (Å²) in [6, 6.07) is 17.1. The molecular formula is C20H20N4O3S2. The summed E-state index contributed by atoms with van der Waals surface area (Å²) in [7, 11) is -3.02. The van der Waals surface area contributed by atoms with Gasteiger partial charge in [-0.05, 0) is 30.7 Å². The number of para-hydroxylation sites is 2. The van der Waals surface area contributed by atoms with Crippen molar-refractivity contribution in [3.63, 3.8) is 0 Å². The number of aromatic nitrogens is 2. The van der Waals surface area contributed by atoms with E-state index >= 15 is 0 Å². The number of carbonyl (C=O) groups is 1. The van der Waals surface area contributed by atoms with Crippen LogP contribution in [0.2, 0.25) is 0 Å². The molecule has 1 atom stereocenters. The van der Waals surface area contributed by atoms with E-state index in [-0.39, 0.29) is 29.2 Å². The predicted octanol–water partition coefficient (Wildman–Crippen LogP) is 2.77. The summed E-state index contributed by atoms with van der Waals surface area (Å²) >= 11 is 1.23. The Bertz CT molecular complexity index is 1140. The molecule has 150 valence electrons. The van der Waals surface area contributed by atoms with E-state index in [1.807, 2.05) is 54.6 Å². The molecule has 2 aromatic carbocycles. The Hall–Kier alpha value is -2.65. The van der Waals surface area contributed by atoms with Crippen LogP contribution in [-0.2, 0) is 14.6 Å². The molecule has 0 aliphatic carbocycles. The molecule has 1 aliphatic rings. The zero-order valence-corrected chi connectivity index (χ0v) is 17.2. The fourth-order valence-corrected chi connectivity index (χ4v) is 5.52. The second-order valence-corrected chi connectivity index (χ2v) is 9.99. The van der Waals surface area contributed by atoms with E-state index in [1.54, 1.807) is 0 Å². The first kappa shape index (κ1) is 19.7. The number of carbonyl (C=O) groups excluding carboxylic acids is 1. The largest absolute Gasteiger partial charge is 0.352 e. The van der Waals surface area contributed by atoms with Gasteiger partial charge < -0.3 is 10.6 Å². The number of sulfone groups is 1. The highest BCUT2D eigenvalue weighted by Crippen LogP contribution is 2.26. The molecule has 29 heavy (non-hydrogen) atoms. The number of nitrogens with one attached hydrogen (secondary N) is 2. The summed E-state index contributed by atoms with van der Waals surface area (Å²) in [5.41, 5.74) is 1.69. The van der Waals surface area contributed by atoms with Gasteiger partial charge in [-0.1, -0.05) is 42.1 Å². The quantitative estimate of drug-likeness (QED) is 0.460. The van der Waals surface area contributed by atoms with Gasteiger partial charge in [0.25, 0.3) is 0 Å². The molecule has 9 heteroatoms. The van der Waals surface area contributed by atoms with Crippen molar-refractivity contribution >= 4 is 49.9 Å². The van der Waals surface area contributed by atoms with Gasteiger partial charge in [0, 0.05) is 17.1 Å². The van der Waals surface area contributed by atoms with Crippen molar-refractivity contribution < 1.29 is 13.2 Å². The lowest BCUT2D eigenvalue weighted by Gasteiger charge is -2.12. The first-order chi connectivity index (χ1) is 14.0. The third kappa shape index (κ3) is 5.04. The van der Waals surface area contributed by atoms with E-state index in [0.717, 1.165) is 16.6 Å². The average molecular weight is 429 g/mol. The maximum Gasteiger partial charge on any atom is 0.230 e. The predicted molar refractivity (Wildman–Crippen MR) is 115 cm³/mol. The minimum atomic E-state index is -3.02. The maximum atomic E-state index is 12.2. The Morgan fingerprint density at radius 3 is 2.59 bits per heavy atom. The van der Waals surface area contributed by atoms with E-state index in [4.69, 9.17) is 0 Å². The first-order valence-corrected chi connectivity index (χ1v) is 12.0. The van der Waals surface area contributed by atoms with Crippen molar-refractivity contribution in [3.05, 3.63) is 54.6 Å². The Balaban J connectivity index is 1.48. The normalized spacial score (nSPS) is 17.9. The van der Waals surface area contributed by atoms with E-state index < -0.39 is 9.84 Å². The minimum absolute atomic E-state index is 0.0149. The molecule has 2 heterocycles. The van der Waals surface area contributed by atoms with Crippen LogP contribution in [0.5, 0.6) is 0 Å². The molecule has 0 saturated carbocycles. The van der Waals surface area contributed by atoms with Gasteiger partial charge in [0.1, 0.15) is 5.82 Å². The molecule has 1 amide bonds. The van der Waals surface area contributed by atoms with Crippen LogP contribution in [0.3, 0.4) is 0 Å². The summed E-state index contributed by atoms with van der Waals surface area (Å²) in [5.74, 6) is 0.728. The van der Waals surface area contributed by atoms with Gasteiger partial charge in [-0.25, -0.2) is 18.4 Å². The van der Waals surface area contributed by atoms with Gasteiger partial charge >= 0.3 is 0 Å². The molecule has 1 aromatic heterocycles. The van der Waals surface area contributed by atoms with Crippen LogP contribution in [0.25, 0.3) is 10.9 Å². The maximum absolute atomic E-state index is 12.2. The number of hydrogen-bond donors (Lipinski definition) is 2. The zero-order valence-electron chi connectivity index (χ0n) is 15.5. The number of anilines is 2. The molecule has 0 spiro atoms. The standard InChI is InChI=1S/C20H20N4O3S2/c25-18(21-15-10-11-29(26,27)13-15)12-28-20-23-17-9-5-4-8-16(17)19(24-20)22-14-6-2-1-3-7-14/h1-9,15H,10-13H2,(H,21,25)(H,22,23,24). The Kier molecular flexibility index (Phi) is 5.68. The van der Waals surface area contributed by atoms with Crippen LogP contribution in [0.15, 0.2) is 59.8 Å². The van der Waals surface area contributed by atoms with Gasteiger partial charge in [0.15, 0.2) is 15.0 Å². The number of nitrogens with zero attached hydrogens (tertiary/aromatic N) is 2. The summed E-state index contributed by atoms with van der Waals surface area (Å²) in [6.07, 6.45) is 0.469. The number of amides is 1. The molecule has 1 saturated heterocycles. The van der Waals surface area contributed by atoms with E-state index in [1.165, 1.54) is 11.8 Å². The van der Waals surface area contributed by atoms with Crippen LogP contribution in [0, 0.1) is 0 Å². The smallest absolute Gasteiger partial charge is 0.230 e. The van der Waals surface area contributed by atoms with Gasteiger partial charge in [-0.2, -0.15) is 0 Å². The molecule has 0 bridgehead atoms. The number of fused-ring (bicyclic) bond motifs is 1. The highest BCUT2D eigenvalue weighted by molar-refractivity contribution is 7.99. The third-order valence-corrected chi connectivity index (χ3v) is 7.16. The fraction of sp³-hybridized carbons (Fsp3) is 0.250. The van der Waals surface area contributed by atoms with E-state index in [9.17, 15) is 13.2 Å². The Labute approximate surface area is 173 Å². The lowest BCUT2D eigenvalue weighted by Crippen LogP contribution is -2.36. The van der Waals surface area contributed by atoms with Crippen LogP contribution >= 0.6 is 11.8 Å². The third-order valence-electron chi connectivity index (χ3n) is 4.55. The highest BCUT2D eigenvalue weighted by atomic mass is 32.2. The van der Waals surface area contributed by atoms with Gasteiger partial charge in [0.05, 0.1) is 22.8 Å². The van der Waals surface area contributed by atoms with Crippen molar-refractivity contribution in [1.29, 1.82) is 0 Å². The molecule has 1 fully saturated rings. The monoisotopic (exact) mass is 428 g/mol. The second kappa shape index (κ2) is 8.38. The van der Waals surface area contributed by atoms with Gasteiger partial charge in [-0.15, -0.1) is 0 Å². The molecule has 7 nitrogen and oxygen atoms in total. The van der Waals surface area contributed by atoms with Crippen molar-refractivity contribution in [3.8, 4) is 0 Å². The summed E-state index contributed by atoms with van der Waals surface area (Å²) in [4.78, 5) is 21.4. The molecular weight excluding hydrogens is 408 g/mol. The lowest BCUT2D eigenvalue weighted by molar-refractivity contribution is -0.119. The second-order valence-electron chi connectivity index (χ2n) is 6.82. The highest BCUT2D eigenvalue weighted by Gasteiger charge is 2.28. The number of hydrogen-bond acceptors (Lipinski definition) is 7. The lowest BCUT2D eigenvalue weighted by atomic mass is 10.2. The first-order valence-electron chi connectivity index (χ1n) is 9.20. The summed E-state index contributed by atoms with van der Waals surface area (Å²) < 4.78 is 23.1. The zero-order chi connectivity index (χ0) is 20.3.